The van der Waals surface area contributed by atoms with Crippen LogP contribution in [0.15, 0.2) is 200 Å². The zero-order chi connectivity index (χ0) is 68.7. The number of nitrogens with zero attached hydrogens (tertiary/aromatic N) is 4. The maximum Gasteiger partial charge on any atom is 0.268 e. The molecule has 0 aliphatic rings. The maximum absolute atomic E-state index is 9.43. The van der Waals surface area contributed by atoms with E-state index in [4.69, 9.17) is 28.9 Å². The molecule has 5 nitrogen and oxygen atoms in total. The number of aryl methyl sites for hydroxylation is 2. The molecule has 0 atom stereocenters. The van der Waals surface area contributed by atoms with Crippen molar-refractivity contribution in [3.05, 3.63) is 246 Å². The Balaban J connectivity index is 0.00000936. The van der Waals surface area contributed by atoms with Crippen LogP contribution >= 0.6 is 0 Å². The molecule has 12 rings (SSSR count). The Kier molecular flexibility index (Phi) is 9.82. The number of hydrogen-bond acceptors (Lipinski definition) is 2. The van der Waals surface area contributed by atoms with E-state index in [1.807, 2.05) is 78.9 Å². The molecule has 6 heteroatoms. The van der Waals surface area contributed by atoms with E-state index >= 15 is 0 Å². The number of ether oxygens (including phenoxy) is 1. The first-order chi connectivity index (χ1) is 44.4. The molecule has 0 fully saturated rings. The van der Waals surface area contributed by atoms with Crippen LogP contribution in [0, 0.1) is 32.2 Å². The molecule has 9 aromatic carbocycles. The summed E-state index contributed by atoms with van der Waals surface area (Å²) in [6, 6.07) is 42.2. The maximum atomic E-state index is 9.43. The second-order valence-corrected chi connectivity index (χ2v) is 23.1. The van der Waals surface area contributed by atoms with E-state index in [0.29, 0.717) is 50.0 Å². The van der Waals surface area contributed by atoms with Gasteiger partial charge in [0.25, 0.3) is 6.33 Å². The molecule has 12 aromatic rings. The minimum Gasteiger partial charge on any atom is -0.510 e. The van der Waals surface area contributed by atoms with Crippen LogP contribution in [-0.4, -0.2) is 14.1 Å². The standard InChI is InChI=1S/C74H66N4O.Pt/c1-48-36-63(50-22-14-12-15-23-50)71(64(37-48)53-26-20-27-55(39-53)72(3,4)5)77-47-76(69-42-52(32-35-67(69)77)54-40-56(73(6,7)8)43-57(41-54)74(9,10)11)58-28-21-29-59(44-58)79-60-33-34-62-61-30-18-19-31-66(61)78(68(62)45-60)70-38-49(2)65(46-75-70)51-24-16-13-17-25-51;/h12-43,46H,1-11H3;/q-2;/i1D3,2D3,12D,13D,14D,15D,16D,17D,22D,23D,24D,25D;. The molecule has 0 saturated heterocycles. The Bertz CT molecular complexity index is 5070. The number of aromatic nitrogens is 4. The third-order valence-electron chi connectivity index (χ3n) is 14.5. The van der Waals surface area contributed by atoms with Gasteiger partial charge in [0.05, 0.1) is 30.4 Å². The van der Waals surface area contributed by atoms with Gasteiger partial charge in [0.1, 0.15) is 5.82 Å². The van der Waals surface area contributed by atoms with Crippen molar-refractivity contribution in [3.63, 3.8) is 0 Å². The summed E-state index contributed by atoms with van der Waals surface area (Å²) in [6.07, 6.45) is 4.84. The molecule has 400 valence electrons. The zero-order valence-corrected chi connectivity index (χ0v) is 48.1. The normalized spacial score (nSPS) is 15.3. The quantitative estimate of drug-likeness (QED) is 0.107. The van der Waals surface area contributed by atoms with E-state index in [1.165, 1.54) is 18.3 Å². The smallest absolute Gasteiger partial charge is 0.268 e. The Labute approximate surface area is 509 Å². The average Bonchev–Trinajstić information content (AvgIpc) is 1.32. The first kappa shape index (κ1) is 37.7. The molecule has 3 heterocycles. The summed E-state index contributed by atoms with van der Waals surface area (Å²) in [4.78, 5) is 4.73. The van der Waals surface area contributed by atoms with Crippen molar-refractivity contribution < 1.29 is 52.3 Å². The van der Waals surface area contributed by atoms with Gasteiger partial charge in [-0.1, -0.05) is 219 Å². The third kappa shape index (κ3) is 10.2. The van der Waals surface area contributed by atoms with Gasteiger partial charge in [0.2, 0.25) is 0 Å². The van der Waals surface area contributed by atoms with E-state index in [9.17, 15) is 2.74 Å². The van der Waals surface area contributed by atoms with E-state index in [1.54, 1.807) is 38.0 Å². The van der Waals surface area contributed by atoms with Gasteiger partial charge in [-0.05, 0) is 120 Å². The minimum atomic E-state index is -2.83. The Morgan fingerprint density at radius 1 is 0.525 bits per heavy atom. The molecule has 0 saturated carbocycles. The summed E-state index contributed by atoms with van der Waals surface area (Å²) in [7, 11) is 0. The summed E-state index contributed by atoms with van der Waals surface area (Å²) in [5, 5.41) is 1.49. The van der Waals surface area contributed by atoms with Crippen LogP contribution in [0.1, 0.15) is 112 Å². The SMILES string of the molecule is [2H]c1c([2H])c([2H])c(-c2cnc(-n3c4[c-]c(Oc5[c-]c(-n6[c-][n+](-c7c(-c8cccc(C(C)(C)C)c8)cc(C([2H])([2H])[2H])cc7-c7c([2H])c([2H])c([2H])c([2H])c7[2H])c7ccc(-c8cc(C(C)(C)C)cc(C(C)(C)C)c8)cc76)ccc5)ccc4c4ccccc43)cc2C([2H])([2H])[2H])c([2H])c1[2H].[Pt]. The fourth-order valence-electron chi connectivity index (χ4n) is 10.2. The molecule has 0 unspecified atom stereocenters. The molecule has 0 radical (unpaired) electrons. The van der Waals surface area contributed by atoms with Gasteiger partial charge in [-0.3, -0.25) is 4.57 Å². The Morgan fingerprint density at radius 3 is 1.86 bits per heavy atom. The van der Waals surface area contributed by atoms with E-state index in [2.05, 4.69) is 99.0 Å². The van der Waals surface area contributed by atoms with Gasteiger partial charge < -0.3 is 13.9 Å². The number of rotatable bonds is 9. The summed E-state index contributed by atoms with van der Waals surface area (Å²) in [5.74, 6) is 0.614. The fourth-order valence-corrected chi connectivity index (χ4v) is 10.2. The average molecular weight is 1240 g/mol. The van der Waals surface area contributed by atoms with Gasteiger partial charge in [-0.25, -0.2) is 4.98 Å². The number of hydrogen-bond donors (Lipinski definition) is 0. The number of benzene rings is 9. The molecule has 0 amide bonds. The van der Waals surface area contributed by atoms with Gasteiger partial charge in [0, 0.05) is 58.1 Å². The van der Waals surface area contributed by atoms with Crippen LogP contribution in [0.5, 0.6) is 11.5 Å². The van der Waals surface area contributed by atoms with Gasteiger partial charge in [0.15, 0.2) is 0 Å². The van der Waals surface area contributed by atoms with Gasteiger partial charge >= 0.3 is 0 Å². The molecular weight excluding hydrogens is 1160 g/mol. The van der Waals surface area contributed by atoms with Crippen molar-refractivity contribution in [2.75, 3.05) is 0 Å². The summed E-state index contributed by atoms with van der Waals surface area (Å²) in [6.45, 7) is 13.7. The monoisotopic (exact) mass is 1240 g/mol. The van der Waals surface area contributed by atoms with Gasteiger partial charge in [-0.2, -0.15) is 18.2 Å². The van der Waals surface area contributed by atoms with Crippen LogP contribution in [-0.2, 0) is 37.3 Å². The Hall–Kier alpha value is -8.11. The first-order valence-corrected chi connectivity index (χ1v) is 26.2. The van der Waals surface area contributed by atoms with Crippen LogP contribution in [0.4, 0.5) is 0 Å². The Morgan fingerprint density at radius 2 is 1.18 bits per heavy atom. The molecule has 0 aliphatic carbocycles. The molecule has 80 heavy (non-hydrogen) atoms. The van der Waals surface area contributed by atoms with E-state index in [0.717, 1.165) is 33.2 Å². The predicted octanol–water partition coefficient (Wildman–Crippen LogP) is 18.8. The molecule has 0 aliphatic heterocycles. The summed E-state index contributed by atoms with van der Waals surface area (Å²) in [5.41, 5.74) is 7.15. The van der Waals surface area contributed by atoms with Crippen LogP contribution < -0.4 is 9.30 Å². The zero-order valence-electron chi connectivity index (χ0n) is 61.8. The minimum absolute atomic E-state index is 0. The predicted molar refractivity (Wildman–Crippen MR) is 327 cm³/mol. The number of fused-ring (bicyclic) bond motifs is 4. The number of para-hydroxylation sites is 1. The third-order valence-corrected chi connectivity index (χ3v) is 14.5. The van der Waals surface area contributed by atoms with E-state index < -0.39 is 74.1 Å². The fraction of sp³-hybridized carbons (Fsp3) is 0.189. The largest absolute Gasteiger partial charge is 0.510 e. The number of imidazole rings is 1. The second kappa shape index (κ2) is 20.8. The van der Waals surface area contributed by atoms with Crippen LogP contribution in [0.25, 0.3) is 94.5 Å². The summed E-state index contributed by atoms with van der Waals surface area (Å²) < 4.78 is 152. The van der Waals surface area contributed by atoms with Crippen molar-refractivity contribution >= 4 is 32.8 Å². The van der Waals surface area contributed by atoms with Crippen molar-refractivity contribution in [1.29, 1.82) is 0 Å². The van der Waals surface area contributed by atoms with E-state index in [-0.39, 0.29) is 88.0 Å². The molecule has 0 spiro atoms. The first-order valence-electron chi connectivity index (χ1n) is 34.2. The molecular formula is C74H66N4OPt-2. The van der Waals surface area contributed by atoms with Crippen molar-refractivity contribution in [1.82, 2.24) is 14.1 Å². The van der Waals surface area contributed by atoms with Crippen LogP contribution in [0.2, 0.25) is 0 Å². The molecule has 0 bridgehead atoms. The molecule has 0 N–H and O–H groups in total. The topological polar surface area (TPSA) is 35.9 Å². The molecule has 3 aromatic heterocycles. The number of pyridine rings is 1. The van der Waals surface area contributed by atoms with Crippen molar-refractivity contribution in [2.45, 2.75) is 92.3 Å². The van der Waals surface area contributed by atoms with Crippen molar-refractivity contribution in [3.8, 4) is 73.2 Å². The summed E-state index contributed by atoms with van der Waals surface area (Å²) >= 11 is 0. The van der Waals surface area contributed by atoms with Gasteiger partial charge in [-0.15, -0.1) is 29.7 Å². The van der Waals surface area contributed by atoms with Crippen LogP contribution in [0.3, 0.4) is 0 Å². The van der Waals surface area contributed by atoms with Crippen molar-refractivity contribution in [2.24, 2.45) is 0 Å². The second-order valence-electron chi connectivity index (χ2n) is 23.1.